The highest BCUT2D eigenvalue weighted by Gasteiger charge is 2.15. The van der Waals surface area contributed by atoms with Gasteiger partial charge in [0.25, 0.3) is 0 Å². The molecule has 25 heavy (non-hydrogen) atoms. The Hall–Kier alpha value is -2.93. The van der Waals surface area contributed by atoms with Gasteiger partial charge in [-0.3, -0.25) is 0 Å². The Bertz CT molecular complexity index is 867. The van der Waals surface area contributed by atoms with Gasteiger partial charge in [-0.25, -0.2) is 14.6 Å². The van der Waals surface area contributed by atoms with Crippen LogP contribution in [-0.2, 0) is 16.1 Å². The van der Waals surface area contributed by atoms with Crippen molar-refractivity contribution >= 4 is 33.5 Å². The Morgan fingerprint density at radius 2 is 1.64 bits per heavy atom. The molecular formula is C18H15NO5S. The Labute approximate surface area is 148 Å². The lowest BCUT2D eigenvalue weighted by Gasteiger charge is -2.09. The van der Waals surface area contributed by atoms with Crippen molar-refractivity contribution in [1.82, 2.24) is 4.98 Å². The van der Waals surface area contributed by atoms with Crippen LogP contribution < -0.4 is 4.74 Å². The summed E-state index contributed by atoms with van der Waals surface area (Å²) in [5.74, 6) is -0.756. The second kappa shape index (κ2) is 7.31. The van der Waals surface area contributed by atoms with Crippen molar-refractivity contribution in [3.8, 4) is 5.75 Å². The fourth-order valence-electron chi connectivity index (χ4n) is 2.28. The number of thiazole rings is 1. The van der Waals surface area contributed by atoms with E-state index in [0.717, 1.165) is 15.2 Å². The molecule has 0 saturated carbocycles. The molecule has 2 aromatic carbocycles. The summed E-state index contributed by atoms with van der Waals surface area (Å²) in [7, 11) is 2.55. The summed E-state index contributed by atoms with van der Waals surface area (Å²) < 4.78 is 16.2. The van der Waals surface area contributed by atoms with E-state index in [-0.39, 0.29) is 17.7 Å². The highest BCUT2D eigenvalue weighted by atomic mass is 32.1. The number of carbonyl (C=O) groups is 2. The van der Waals surface area contributed by atoms with Gasteiger partial charge in [-0.2, -0.15) is 0 Å². The molecule has 0 fully saturated rings. The molecule has 1 aromatic heterocycles. The number of para-hydroxylation sites is 1. The van der Waals surface area contributed by atoms with Gasteiger partial charge in [-0.1, -0.05) is 12.1 Å². The summed E-state index contributed by atoms with van der Waals surface area (Å²) in [6.07, 6.45) is 0. The van der Waals surface area contributed by atoms with Crippen molar-refractivity contribution in [3.63, 3.8) is 0 Å². The van der Waals surface area contributed by atoms with Gasteiger partial charge < -0.3 is 14.2 Å². The number of nitrogens with zero attached hydrogens (tertiary/aromatic N) is 1. The van der Waals surface area contributed by atoms with Crippen molar-refractivity contribution in [2.24, 2.45) is 0 Å². The topological polar surface area (TPSA) is 74.7 Å². The van der Waals surface area contributed by atoms with Crippen LogP contribution in [0.25, 0.3) is 10.2 Å². The van der Waals surface area contributed by atoms with E-state index in [4.69, 9.17) is 14.2 Å². The fraction of sp³-hybridized carbons (Fsp3) is 0.167. The zero-order chi connectivity index (χ0) is 17.8. The van der Waals surface area contributed by atoms with E-state index in [1.165, 1.54) is 43.8 Å². The molecule has 0 radical (unpaired) electrons. The lowest BCUT2D eigenvalue weighted by molar-refractivity contribution is 0.0598. The van der Waals surface area contributed by atoms with Gasteiger partial charge >= 0.3 is 11.9 Å². The molecule has 1 heterocycles. The monoisotopic (exact) mass is 357 g/mol. The zero-order valence-electron chi connectivity index (χ0n) is 13.6. The molecule has 0 aliphatic carbocycles. The van der Waals surface area contributed by atoms with Crippen LogP contribution in [-0.4, -0.2) is 31.1 Å². The molecule has 0 aliphatic heterocycles. The minimum atomic E-state index is -0.560. The summed E-state index contributed by atoms with van der Waals surface area (Å²) in [5, 5.41) is 0.796. The summed E-state index contributed by atoms with van der Waals surface area (Å²) in [4.78, 5) is 28.0. The highest BCUT2D eigenvalue weighted by molar-refractivity contribution is 7.18. The fourth-order valence-corrected chi connectivity index (χ4v) is 3.16. The Morgan fingerprint density at radius 1 is 1.00 bits per heavy atom. The summed E-state index contributed by atoms with van der Waals surface area (Å²) >= 11 is 1.53. The van der Waals surface area contributed by atoms with Crippen molar-refractivity contribution in [2.75, 3.05) is 14.2 Å². The van der Waals surface area contributed by atoms with E-state index < -0.39 is 11.9 Å². The molecule has 0 saturated heterocycles. The highest BCUT2D eigenvalue weighted by Crippen LogP contribution is 2.24. The number of methoxy groups -OCH3 is 2. The smallest absolute Gasteiger partial charge is 0.338 e. The molecule has 0 atom stereocenters. The average molecular weight is 357 g/mol. The van der Waals surface area contributed by atoms with Crippen LogP contribution in [0.4, 0.5) is 0 Å². The minimum Gasteiger partial charge on any atom is -0.486 e. The molecule has 7 heteroatoms. The second-order valence-corrected chi connectivity index (χ2v) is 6.21. The molecule has 128 valence electrons. The number of hydrogen-bond donors (Lipinski definition) is 0. The van der Waals surface area contributed by atoms with Crippen molar-refractivity contribution in [3.05, 3.63) is 58.6 Å². The zero-order valence-corrected chi connectivity index (χ0v) is 14.5. The Morgan fingerprint density at radius 3 is 2.24 bits per heavy atom. The van der Waals surface area contributed by atoms with Crippen molar-refractivity contribution in [1.29, 1.82) is 0 Å². The van der Waals surface area contributed by atoms with E-state index in [1.54, 1.807) is 0 Å². The number of carbonyl (C=O) groups excluding carboxylic acids is 2. The second-order valence-electron chi connectivity index (χ2n) is 5.09. The predicted octanol–water partition coefficient (Wildman–Crippen LogP) is 3.45. The average Bonchev–Trinajstić information content (AvgIpc) is 3.07. The summed E-state index contributed by atoms with van der Waals surface area (Å²) in [5.41, 5.74) is 1.33. The third kappa shape index (κ3) is 3.77. The van der Waals surface area contributed by atoms with E-state index in [1.807, 2.05) is 24.3 Å². The third-order valence-corrected chi connectivity index (χ3v) is 4.46. The number of rotatable bonds is 5. The first kappa shape index (κ1) is 16.9. The minimum absolute atomic E-state index is 0.213. The first-order chi connectivity index (χ1) is 12.1. The van der Waals surface area contributed by atoms with Crippen LogP contribution in [0.3, 0.4) is 0 Å². The quantitative estimate of drug-likeness (QED) is 0.651. The number of ether oxygens (including phenoxy) is 3. The van der Waals surface area contributed by atoms with Crippen LogP contribution >= 0.6 is 11.3 Å². The van der Waals surface area contributed by atoms with Gasteiger partial charge in [-0.05, 0) is 30.3 Å². The van der Waals surface area contributed by atoms with Gasteiger partial charge in [0.05, 0.1) is 35.6 Å². The van der Waals surface area contributed by atoms with Crippen molar-refractivity contribution < 1.29 is 23.8 Å². The molecule has 0 amide bonds. The Kier molecular flexibility index (Phi) is 4.95. The summed E-state index contributed by atoms with van der Waals surface area (Å²) in [6.45, 7) is 0.227. The van der Waals surface area contributed by atoms with Gasteiger partial charge in [0.15, 0.2) is 0 Å². The van der Waals surface area contributed by atoms with E-state index in [2.05, 4.69) is 4.98 Å². The molecule has 0 aliphatic rings. The SMILES string of the molecule is COC(=O)c1cc(OCc2nc3ccccc3s2)cc(C(=O)OC)c1. The molecule has 6 nitrogen and oxygen atoms in total. The first-order valence-corrected chi connectivity index (χ1v) is 8.21. The normalized spacial score (nSPS) is 10.5. The van der Waals surface area contributed by atoms with Crippen LogP contribution in [0.2, 0.25) is 0 Å². The standard InChI is InChI=1S/C18H15NO5S/c1-22-17(20)11-7-12(18(21)23-2)9-13(8-11)24-10-16-19-14-5-3-4-6-15(14)25-16/h3-9H,10H2,1-2H3. The maximum Gasteiger partial charge on any atom is 0.338 e. The summed E-state index contributed by atoms with van der Waals surface area (Å²) in [6, 6.07) is 12.2. The van der Waals surface area contributed by atoms with Gasteiger partial charge in [0.2, 0.25) is 0 Å². The third-order valence-electron chi connectivity index (χ3n) is 3.45. The number of aromatic nitrogens is 1. The number of hydrogen-bond acceptors (Lipinski definition) is 7. The maximum atomic E-state index is 11.8. The molecular weight excluding hydrogens is 342 g/mol. The van der Waals surface area contributed by atoms with Crippen LogP contribution in [0.15, 0.2) is 42.5 Å². The molecule has 0 bridgehead atoms. The van der Waals surface area contributed by atoms with Crippen LogP contribution in [0, 0.1) is 0 Å². The van der Waals surface area contributed by atoms with Gasteiger partial charge in [0.1, 0.15) is 17.4 Å². The molecule has 0 spiro atoms. The molecule has 0 N–H and O–H groups in total. The van der Waals surface area contributed by atoms with E-state index >= 15 is 0 Å². The molecule has 3 rings (SSSR count). The lowest BCUT2D eigenvalue weighted by Crippen LogP contribution is -2.07. The number of fused-ring (bicyclic) bond motifs is 1. The lowest BCUT2D eigenvalue weighted by atomic mass is 10.1. The maximum absolute atomic E-state index is 11.8. The van der Waals surface area contributed by atoms with E-state index in [9.17, 15) is 9.59 Å². The van der Waals surface area contributed by atoms with Crippen molar-refractivity contribution in [2.45, 2.75) is 6.61 Å². The Balaban J connectivity index is 1.85. The van der Waals surface area contributed by atoms with Gasteiger partial charge in [0, 0.05) is 0 Å². The van der Waals surface area contributed by atoms with Crippen LogP contribution in [0.5, 0.6) is 5.75 Å². The first-order valence-electron chi connectivity index (χ1n) is 7.39. The molecule has 3 aromatic rings. The van der Waals surface area contributed by atoms with Crippen LogP contribution in [0.1, 0.15) is 25.7 Å². The largest absolute Gasteiger partial charge is 0.486 e. The molecule has 0 unspecified atom stereocenters. The number of benzene rings is 2. The number of esters is 2. The van der Waals surface area contributed by atoms with Gasteiger partial charge in [-0.15, -0.1) is 11.3 Å². The predicted molar refractivity (Wildman–Crippen MR) is 93.1 cm³/mol. The van der Waals surface area contributed by atoms with E-state index in [0.29, 0.717) is 5.75 Å².